The second kappa shape index (κ2) is 5.60. The number of nitrogens with zero attached hydrogens (tertiary/aromatic N) is 3. The highest BCUT2D eigenvalue weighted by molar-refractivity contribution is 5.78. The third kappa shape index (κ3) is 3.34. The molecule has 0 amide bonds. The Hall–Kier alpha value is -1.92. The summed E-state index contributed by atoms with van der Waals surface area (Å²) < 4.78 is 32.9. The van der Waals surface area contributed by atoms with Crippen LogP contribution in [0.1, 0.15) is 18.5 Å². The van der Waals surface area contributed by atoms with Gasteiger partial charge in [0.15, 0.2) is 5.96 Å². The minimum Gasteiger partial charge on any atom is -0.481 e. The summed E-state index contributed by atoms with van der Waals surface area (Å²) in [5.74, 6) is -2.90. The average molecular weight is 284 g/mol. The minimum absolute atomic E-state index is 0.134. The molecule has 2 N–H and O–H groups in total. The van der Waals surface area contributed by atoms with E-state index in [1.54, 1.807) is 11.9 Å². The highest BCUT2D eigenvalue weighted by Crippen LogP contribution is 2.29. The molecule has 1 aliphatic rings. The topological polar surface area (TPSA) is 63.7 Å². The van der Waals surface area contributed by atoms with Gasteiger partial charge < -0.3 is 15.4 Å². The van der Waals surface area contributed by atoms with Crippen molar-refractivity contribution in [1.29, 1.82) is 0 Å². The summed E-state index contributed by atoms with van der Waals surface area (Å²) in [7, 11) is 3.14. The molecule has 0 saturated heterocycles. The normalized spacial score (nSPS) is 16.1. The first-order chi connectivity index (χ1) is 9.44. The lowest BCUT2D eigenvalue weighted by atomic mass is 10.2. The van der Waals surface area contributed by atoms with Crippen molar-refractivity contribution in [3.8, 4) is 5.88 Å². The highest BCUT2D eigenvalue weighted by atomic mass is 19.3. The Kier molecular flexibility index (Phi) is 4.06. The van der Waals surface area contributed by atoms with E-state index >= 15 is 0 Å². The van der Waals surface area contributed by atoms with E-state index in [9.17, 15) is 8.78 Å². The van der Waals surface area contributed by atoms with Crippen molar-refractivity contribution in [3.63, 3.8) is 0 Å². The van der Waals surface area contributed by atoms with Crippen LogP contribution in [0, 0.1) is 0 Å². The summed E-state index contributed by atoms with van der Waals surface area (Å²) in [6, 6.07) is 4.57. The molecule has 1 aromatic rings. The quantitative estimate of drug-likeness (QED) is 0.659. The van der Waals surface area contributed by atoms with E-state index in [1.165, 1.54) is 25.3 Å². The molecule has 0 spiro atoms. The Morgan fingerprint density at radius 3 is 2.85 bits per heavy atom. The van der Waals surface area contributed by atoms with Gasteiger partial charge in [0.2, 0.25) is 5.88 Å². The van der Waals surface area contributed by atoms with Crippen molar-refractivity contribution in [1.82, 2.24) is 9.88 Å². The zero-order valence-electron chi connectivity index (χ0n) is 11.5. The predicted octanol–water partition coefficient (Wildman–Crippen LogP) is 1.59. The number of halogens is 2. The van der Waals surface area contributed by atoms with Crippen molar-refractivity contribution >= 4 is 5.96 Å². The van der Waals surface area contributed by atoms with Gasteiger partial charge in [0.05, 0.1) is 7.11 Å². The number of nitrogens with two attached hydrogens (primary N) is 1. The summed E-state index contributed by atoms with van der Waals surface area (Å²) >= 11 is 0. The van der Waals surface area contributed by atoms with Crippen molar-refractivity contribution < 1.29 is 13.5 Å². The first-order valence-electron chi connectivity index (χ1n) is 6.36. The van der Waals surface area contributed by atoms with Gasteiger partial charge in [-0.25, -0.2) is 9.98 Å². The van der Waals surface area contributed by atoms with Crippen LogP contribution in [-0.4, -0.2) is 42.6 Å². The third-order valence-corrected chi connectivity index (χ3v) is 3.20. The molecule has 20 heavy (non-hydrogen) atoms. The predicted molar refractivity (Wildman–Crippen MR) is 72.0 cm³/mol. The molecule has 1 saturated carbocycles. The van der Waals surface area contributed by atoms with Crippen LogP contribution in [0.4, 0.5) is 8.78 Å². The van der Waals surface area contributed by atoms with E-state index < -0.39 is 12.5 Å². The second-order valence-electron chi connectivity index (χ2n) is 4.79. The summed E-state index contributed by atoms with van der Waals surface area (Å²) in [6.45, 7) is -0.726. The van der Waals surface area contributed by atoms with Gasteiger partial charge in [0.25, 0.3) is 0 Å². The monoisotopic (exact) mass is 284 g/mol. The second-order valence-corrected chi connectivity index (χ2v) is 4.79. The summed E-state index contributed by atoms with van der Waals surface area (Å²) in [5.41, 5.74) is 5.32. The van der Waals surface area contributed by atoms with Crippen LogP contribution in [-0.2, 0) is 5.92 Å². The first-order valence-corrected chi connectivity index (χ1v) is 6.36. The average Bonchev–Trinajstić information content (AvgIpc) is 3.28. The van der Waals surface area contributed by atoms with E-state index in [4.69, 9.17) is 10.5 Å². The molecule has 5 nitrogen and oxygen atoms in total. The van der Waals surface area contributed by atoms with Gasteiger partial charge in [-0.3, -0.25) is 0 Å². The number of methoxy groups -OCH3 is 1. The molecule has 1 heterocycles. The van der Waals surface area contributed by atoms with Gasteiger partial charge in [-0.15, -0.1) is 0 Å². The van der Waals surface area contributed by atoms with E-state index in [-0.39, 0.29) is 17.5 Å². The Morgan fingerprint density at radius 2 is 2.25 bits per heavy atom. The molecule has 0 aliphatic heterocycles. The van der Waals surface area contributed by atoms with Crippen LogP contribution in [0.2, 0.25) is 0 Å². The van der Waals surface area contributed by atoms with E-state index in [0.29, 0.717) is 6.04 Å². The number of aromatic nitrogens is 1. The molecular weight excluding hydrogens is 266 g/mol. The number of guanidine groups is 1. The standard InChI is InChI=1S/C13H18F2N4O/c1-19(9-6-7-9)12(16)17-8-13(14,15)10-4-3-5-11(18-10)20-2/h3-5,9H,6-8H2,1-2H3,(H2,16,17). The summed E-state index contributed by atoms with van der Waals surface area (Å²) in [5, 5.41) is 0. The van der Waals surface area contributed by atoms with Crippen molar-refractivity contribution in [3.05, 3.63) is 23.9 Å². The van der Waals surface area contributed by atoms with Gasteiger partial charge in [-0.2, -0.15) is 8.78 Å². The Bertz CT molecular complexity index is 503. The smallest absolute Gasteiger partial charge is 0.309 e. The Balaban J connectivity index is 2.07. The molecule has 2 rings (SSSR count). The minimum atomic E-state index is -3.18. The third-order valence-electron chi connectivity index (χ3n) is 3.20. The van der Waals surface area contributed by atoms with Crippen LogP contribution in [0.5, 0.6) is 5.88 Å². The molecule has 1 aliphatic carbocycles. The fourth-order valence-electron chi connectivity index (χ4n) is 1.75. The van der Waals surface area contributed by atoms with E-state index in [1.807, 2.05) is 0 Å². The number of aliphatic imine (C=N–C) groups is 1. The lowest BCUT2D eigenvalue weighted by Crippen LogP contribution is -2.36. The number of hydrogen-bond donors (Lipinski definition) is 1. The largest absolute Gasteiger partial charge is 0.481 e. The molecule has 7 heteroatoms. The number of pyridine rings is 1. The Morgan fingerprint density at radius 1 is 1.55 bits per heavy atom. The lowest BCUT2D eigenvalue weighted by Gasteiger charge is -2.19. The fraction of sp³-hybridized carbons (Fsp3) is 0.538. The van der Waals surface area contributed by atoms with E-state index in [0.717, 1.165) is 12.8 Å². The summed E-state index contributed by atoms with van der Waals surface area (Å²) in [4.78, 5) is 9.25. The molecule has 0 bridgehead atoms. The first kappa shape index (κ1) is 14.5. The highest BCUT2D eigenvalue weighted by Gasteiger charge is 2.34. The zero-order chi connectivity index (χ0) is 14.8. The maximum Gasteiger partial charge on any atom is 0.309 e. The number of ether oxygens (including phenoxy) is 1. The maximum atomic E-state index is 14.0. The molecule has 110 valence electrons. The van der Waals surface area contributed by atoms with Crippen LogP contribution >= 0.6 is 0 Å². The molecule has 0 atom stereocenters. The van der Waals surface area contributed by atoms with E-state index in [2.05, 4.69) is 9.98 Å². The van der Waals surface area contributed by atoms with Gasteiger partial charge in [-0.05, 0) is 18.9 Å². The zero-order valence-corrected chi connectivity index (χ0v) is 11.5. The van der Waals surface area contributed by atoms with Crippen molar-refractivity contribution in [2.75, 3.05) is 20.7 Å². The van der Waals surface area contributed by atoms with Gasteiger partial charge in [0.1, 0.15) is 12.2 Å². The maximum absolute atomic E-state index is 14.0. The van der Waals surface area contributed by atoms with Crippen molar-refractivity contribution in [2.24, 2.45) is 10.7 Å². The fourth-order valence-corrected chi connectivity index (χ4v) is 1.75. The Labute approximate surface area is 116 Å². The molecule has 0 unspecified atom stereocenters. The van der Waals surface area contributed by atoms with Gasteiger partial charge in [0, 0.05) is 19.2 Å². The van der Waals surface area contributed by atoms with Gasteiger partial charge in [-0.1, -0.05) is 6.07 Å². The number of hydrogen-bond acceptors (Lipinski definition) is 3. The molecule has 1 fully saturated rings. The molecule has 1 aromatic heterocycles. The van der Waals surface area contributed by atoms with Gasteiger partial charge >= 0.3 is 5.92 Å². The summed E-state index contributed by atoms with van der Waals surface area (Å²) in [6.07, 6.45) is 2.06. The number of rotatable bonds is 5. The SMILES string of the molecule is COc1cccc(C(F)(F)CN=C(N)N(C)C2CC2)n1. The molecule has 0 radical (unpaired) electrons. The van der Waals surface area contributed by atoms with Crippen LogP contribution in [0.3, 0.4) is 0 Å². The van der Waals surface area contributed by atoms with Crippen LogP contribution < -0.4 is 10.5 Å². The van der Waals surface area contributed by atoms with Crippen LogP contribution in [0.15, 0.2) is 23.2 Å². The van der Waals surface area contributed by atoms with Crippen molar-refractivity contribution in [2.45, 2.75) is 24.8 Å². The number of alkyl halides is 2. The molecule has 0 aromatic carbocycles. The molecular formula is C13H18F2N4O. The lowest BCUT2D eigenvalue weighted by molar-refractivity contribution is 0.00123. The van der Waals surface area contributed by atoms with Crippen LogP contribution in [0.25, 0.3) is 0 Å².